The van der Waals surface area contributed by atoms with Crippen LogP contribution in [0.5, 0.6) is 5.75 Å². The fourth-order valence-corrected chi connectivity index (χ4v) is 5.44. The number of aromatic hydroxyl groups is 1. The van der Waals surface area contributed by atoms with Gasteiger partial charge in [-0.3, -0.25) is 24.2 Å². The number of amides is 3. The van der Waals surface area contributed by atoms with Crippen molar-refractivity contribution in [1.82, 2.24) is 21.1 Å². The SMILES string of the molecule is CCC/C=C/C=C/CC(C)C(OC)C(C)C(=O)NC(C(=O)NC(Cc1cccc(O)c1)C(=O)N1CCCC(C(=O)O)N1)C(C)C. The van der Waals surface area contributed by atoms with E-state index in [0.717, 1.165) is 12.8 Å². The lowest BCUT2D eigenvalue weighted by Gasteiger charge is -2.35. The highest BCUT2D eigenvalue weighted by Gasteiger charge is 2.36. The van der Waals surface area contributed by atoms with Crippen molar-refractivity contribution >= 4 is 23.7 Å². The summed E-state index contributed by atoms with van der Waals surface area (Å²) in [7, 11) is 1.57. The van der Waals surface area contributed by atoms with Crippen LogP contribution < -0.4 is 16.1 Å². The predicted molar refractivity (Wildman–Crippen MR) is 173 cm³/mol. The standard InChI is InChI=1S/C34H52N4O7/c1-7-8-9-10-11-12-15-23(4)30(45-6)24(5)31(40)36-29(22(2)3)32(41)35-28(21-25-16-13-17-26(39)20-25)33(42)38-19-14-18-27(37-38)34(43)44/h9-13,16-17,20,22-24,27-30,37,39H,7-8,14-15,18-19,21H2,1-6H3,(H,35,41)(H,36,40)(H,43,44)/b10-9+,12-11+. The zero-order valence-corrected chi connectivity index (χ0v) is 27.5. The van der Waals surface area contributed by atoms with Crippen LogP contribution >= 0.6 is 0 Å². The van der Waals surface area contributed by atoms with Crippen LogP contribution in [0.4, 0.5) is 0 Å². The summed E-state index contributed by atoms with van der Waals surface area (Å²) in [5.74, 6) is -3.27. The molecule has 11 nitrogen and oxygen atoms in total. The van der Waals surface area contributed by atoms with Gasteiger partial charge in [0.25, 0.3) is 5.91 Å². The number of phenolic OH excluding ortho intramolecular Hbond substituents is 1. The van der Waals surface area contributed by atoms with Crippen LogP contribution in [0.3, 0.4) is 0 Å². The summed E-state index contributed by atoms with van der Waals surface area (Å²) in [6.45, 7) is 9.80. The van der Waals surface area contributed by atoms with Gasteiger partial charge in [-0.2, -0.15) is 0 Å². The van der Waals surface area contributed by atoms with Gasteiger partial charge in [0.15, 0.2) is 0 Å². The van der Waals surface area contributed by atoms with Crippen molar-refractivity contribution in [3.63, 3.8) is 0 Å². The molecule has 0 saturated carbocycles. The van der Waals surface area contributed by atoms with Crippen molar-refractivity contribution in [1.29, 1.82) is 0 Å². The first kappa shape index (κ1) is 37.5. The number of ether oxygens (including phenoxy) is 1. The third kappa shape index (κ3) is 12.0. The Morgan fingerprint density at radius 1 is 1.09 bits per heavy atom. The number of nitrogens with zero attached hydrogens (tertiary/aromatic N) is 1. The monoisotopic (exact) mass is 628 g/mol. The lowest BCUT2D eigenvalue weighted by atomic mass is 9.89. The molecule has 0 aliphatic carbocycles. The zero-order chi connectivity index (χ0) is 33.5. The van der Waals surface area contributed by atoms with Crippen molar-refractivity contribution in [3.8, 4) is 5.75 Å². The van der Waals surface area contributed by atoms with Crippen LogP contribution in [-0.4, -0.2) is 76.8 Å². The van der Waals surface area contributed by atoms with Crippen LogP contribution in [-0.2, 0) is 30.3 Å². The van der Waals surface area contributed by atoms with E-state index in [1.165, 1.54) is 17.1 Å². The fourth-order valence-electron chi connectivity index (χ4n) is 5.44. The summed E-state index contributed by atoms with van der Waals surface area (Å²) < 4.78 is 5.73. The summed E-state index contributed by atoms with van der Waals surface area (Å²) in [5.41, 5.74) is 3.35. The number of carbonyl (C=O) groups is 4. The van der Waals surface area contributed by atoms with E-state index in [4.69, 9.17) is 4.74 Å². The molecule has 5 N–H and O–H groups in total. The number of allylic oxidation sites excluding steroid dienone is 4. The van der Waals surface area contributed by atoms with Crippen molar-refractivity contribution in [2.24, 2.45) is 17.8 Å². The maximum atomic E-state index is 13.7. The van der Waals surface area contributed by atoms with E-state index in [1.807, 2.05) is 19.1 Å². The second-order valence-corrected chi connectivity index (χ2v) is 12.2. The van der Waals surface area contributed by atoms with Gasteiger partial charge in [0, 0.05) is 20.1 Å². The molecule has 2 rings (SSSR count). The quantitative estimate of drug-likeness (QED) is 0.163. The molecule has 0 radical (unpaired) electrons. The van der Waals surface area contributed by atoms with Crippen LogP contribution in [0.2, 0.25) is 0 Å². The molecule has 0 aromatic heterocycles. The van der Waals surface area contributed by atoms with E-state index in [-0.39, 0.29) is 36.5 Å². The number of phenols is 1. The van der Waals surface area contributed by atoms with Crippen LogP contribution in [0.25, 0.3) is 0 Å². The van der Waals surface area contributed by atoms with E-state index in [9.17, 15) is 29.4 Å². The zero-order valence-electron chi connectivity index (χ0n) is 27.5. The summed E-state index contributed by atoms with van der Waals surface area (Å²) in [4.78, 5) is 52.4. The maximum Gasteiger partial charge on any atom is 0.322 e. The third-order valence-corrected chi connectivity index (χ3v) is 8.05. The Morgan fingerprint density at radius 2 is 1.80 bits per heavy atom. The van der Waals surface area contributed by atoms with E-state index in [2.05, 4.69) is 35.1 Å². The number of aliphatic carboxylic acids is 1. The van der Waals surface area contributed by atoms with Gasteiger partial charge in [0.1, 0.15) is 23.9 Å². The number of unbranched alkanes of at least 4 members (excludes halogenated alkanes) is 1. The first-order valence-corrected chi connectivity index (χ1v) is 15.9. The second-order valence-electron chi connectivity index (χ2n) is 12.2. The number of nitrogens with one attached hydrogen (secondary N) is 3. The fraction of sp³-hybridized carbons (Fsp3) is 0.588. The van der Waals surface area contributed by atoms with Crippen molar-refractivity contribution in [2.45, 2.75) is 97.4 Å². The third-order valence-electron chi connectivity index (χ3n) is 8.05. The Morgan fingerprint density at radius 3 is 2.42 bits per heavy atom. The van der Waals surface area contributed by atoms with Gasteiger partial charge in [-0.1, -0.05) is 77.5 Å². The van der Waals surface area contributed by atoms with Crippen molar-refractivity contribution < 1.29 is 34.1 Å². The van der Waals surface area contributed by atoms with E-state index >= 15 is 0 Å². The highest BCUT2D eigenvalue weighted by atomic mass is 16.5. The van der Waals surface area contributed by atoms with Gasteiger partial charge in [0.2, 0.25) is 11.8 Å². The number of carboxylic acids is 1. The number of hydrogen-bond donors (Lipinski definition) is 5. The smallest absolute Gasteiger partial charge is 0.322 e. The highest BCUT2D eigenvalue weighted by Crippen LogP contribution is 2.21. The Bertz CT molecular complexity index is 1180. The van der Waals surface area contributed by atoms with E-state index in [1.54, 1.807) is 40.0 Å². The van der Waals surface area contributed by atoms with Crippen LogP contribution in [0.15, 0.2) is 48.6 Å². The second kappa shape index (κ2) is 19.0. The topological polar surface area (TPSA) is 157 Å². The molecule has 0 spiro atoms. The molecule has 1 saturated heterocycles. The first-order chi connectivity index (χ1) is 21.4. The molecule has 3 amide bonds. The molecule has 1 aromatic rings. The minimum absolute atomic E-state index is 0.0127. The average Bonchev–Trinajstić information content (AvgIpc) is 3.00. The van der Waals surface area contributed by atoms with Crippen molar-refractivity contribution in [2.75, 3.05) is 13.7 Å². The molecule has 1 aliphatic heterocycles. The average molecular weight is 629 g/mol. The Labute approximate surface area is 267 Å². The number of hydrazine groups is 1. The Hall–Kier alpha value is -3.70. The maximum absolute atomic E-state index is 13.7. The molecule has 45 heavy (non-hydrogen) atoms. The molecular formula is C34H52N4O7. The van der Waals surface area contributed by atoms with Crippen LogP contribution in [0.1, 0.15) is 72.3 Å². The molecule has 1 aliphatic rings. The molecule has 0 bridgehead atoms. The number of carboxylic acid groups (broad SMARTS) is 1. The van der Waals surface area contributed by atoms with Gasteiger partial charge < -0.3 is 25.6 Å². The first-order valence-electron chi connectivity index (χ1n) is 15.9. The highest BCUT2D eigenvalue weighted by molar-refractivity contribution is 5.93. The molecule has 6 unspecified atom stereocenters. The minimum Gasteiger partial charge on any atom is -0.508 e. The number of rotatable bonds is 17. The van der Waals surface area contributed by atoms with E-state index in [0.29, 0.717) is 24.8 Å². The molecule has 11 heteroatoms. The number of benzene rings is 1. The number of methoxy groups -OCH3 is 1. The Balaban J connectivity index is 2.18. The lowest BCUT2D eigenvalue weighted by molar-refractivity contribution is -0.148. The van der Waals surface area contributed by atoms with Gasteiger partial charge in [-0.25, -0.2) is 5.43 Å². The normalized spacial score (nSPS) is 18.8. The Kier molecular flexibility index (Phi) is 15.8. The summed E-state index contributed by atoms with van der Waals surface area (Å²) >= 11 is 0. The summed E-state index contributed by atoms with van der Waals surface area (Å²) in [5, 5.41) is 26.4. The number of carbonyl (C=O) groups excluding carboxylic acids is 3. The molecule has 1 fully saturated rings. The minimum atomic E-state index is -1.08. The predicted octanol–water partition coefficient (Wildman–Crippen LogP) is 3.73. The molecule has 6 atom stereocenters. The molecular weight excluding hydrogens is 576 g/mol. The molecule has 1 heterocycles. The van der Waals surface area contributed by atoms with Gasteiger partial charge in [-0.05, 0) is 55.2 Å². The van der Waals surface area contributed by atoms with Gasteiger partial charge in [0.05, 0.1) is 12.0 Å². The largest absolute Gasteiger partial charge is 0.508 e. The van der Waals surface area contributed by atoms with Gasteiger partial charge in [-0.15, -0.1) is 0 Å². The van der Waals surface area contributed by atoms with Crippen LogP contribution in [0, 0.1) is 17.8 Å². The molecule has 1 aromatic carbocycles. The molecule has 250 valence electrons. The van der Waals surface area contributed by atoms with Gasteiger partial charge >= 0.3 is 5.97 Å². The summed E-state index contributed by atoms with van der Waals surface area (Å²) in [6, 6.07) is 3.41. The lowest BCUT2D eigenvalue weighted by Crippen LogP contribution is -2.62. The van der Waals surface area contributed by atoms with Crippen molar-refractivity contribution in [3.05, 3.63) is 54.1 Å². The number of hydrogen-bond acceptors (Lipinski definition) is 7. The summed E-state index contributed by atoms with van der Waals surface area (Å²) in [6.07, 6.45) is 11.5. The van der Waals surface area contributed by atoms with E-state index < -0.39 is 47.9 Å².